The monoisotopic (exact) mass is 266 g/mol. The van der Waals surface area contributed by atoms with Crippen molar-refractivity contribution >= 4 is 17.0 Å². The molecule has 0 amide bonds. The quantitative estimate of drug-likeness (QED) is 0.745. The van der Waals surface area contributed by atoms with E-state index >= 15 is 0 Å². The molecule has 20 heavy (non-hydrogen) atoms. The maximum absolute atomic E-state index is 11.0. The Kier molecular flexibility index (Phi) is 2.79. The number of imidazole rings is 1. The fourth-order valence-corrected chi connectivity index (χ4v) is 2.35. The standard InChI is InChI=1S/C16H14N2O2/c1-9-3-5-12(10(2)7-9)15-17-13-6-4-11(16(19)20)8-14(13)18-15/h3-8H,1-2H3,(H,17,18)(H,19,20). The summed E-state index contributed by atoms with van der Waals surface area (Å²) in [6, 6.07) is 11.1. The Bertz CT molecular complexity index is 818. The molecule has 1 aromatic heterocycles. The predicted octanol–water partition coefficient (Wildman–Crippen LogP) is 3.54. The second-order valence-corrected chi connectivity index (χ2v) is 4.94. The van der Waals surface area contributed by atoms with Gasteiger partial charge in [0.25, 0.3) is 0 Å². The first-order chi connectivity index (χ1) is 9.54. The zero-order valence-corrected chi connectivity index (χ0v) is 11.3. The lowest BCUT2D eigenvalue weighted by molar-refractivity contribution is 0.0697. The summed E-state index contributed by atoms with van der Waals surface area (Å²) >= 11 is 0. The van der Waals surface area contributed by atoms with E-state index in [0.29, 0.717) is 0 Å². The second-order valence-electron chi connectivity index (χ2n) is 4.94. The molecule has 100 valence electrons. The zero-order valence-electron chi connectivity index (χ0n) is 11.3. The summed E-state index contributed by atoms with van der Waals surface area (Å²) in [6.07, 6.45) is 0. The molecule has 0 spiro atoms. The largest absolute Gasteiger partial charge is 0.478 e. The number of H-pyrrole nitrogens is 1. The van der Waals surface area contributed by atoms with Gasteiger partial charge >= 0.3 is 5.97 Å². The lowest BCUT2D eigenvalue weighted by Crippen LogP contribution is -1.94. The van der Waals surface area contributed by atoms with Crippen LogP contribution in [0.15, 0.2) is 36.4 Å². The number of aromatic nitrogens is 2. The average Bonchev–Trinajstić information content (AvgIpc) is 2.80. The number of nitrogens with zero attached hydrogens (tertiary/aromatic N) is 1. The Balaban J connectivity index is 2.15. The number of aromatic carboxylic acids is 1. The van der Waals surface area contributed by atoms with E-state index in [0.717, 1.165) is 28.0 Å². The fraction of sp³-hybridized carbons (Fsp3) is 0.125. The molecule has 3 aromatic rings. The van der Waals surface area contributed by atoms with Gasteiger partial charge in [-0.3, -0.25) is 0 Å². The number of hydrogen-bond acceptors (Lipinski definition) is 2. The summed E-state index contributed by atoms with van der Waals surface area (Å²) in [5.41, 5.74) is 5.14. The maximum Gasteiger partial charge on any atom is 0.335 e. The molecule has 0 aliphatic heterocycles. The number of carboxylic acids is 1. The summed E-state index contributed by atoms with van der Waals surface area (Å²) in [5, 5.41) is 9.01. The number of nitrogens with one attached hydrogen (secondary N) is 1. The van der Waals surface area contributed by atoms with Crippen molar-refractivity contribution in [3.05, 3.63) is 53.1 Å². The summed E-state index contributed by atoms with van der Waals surface area (Å²) in [4.78, 5) is 18.7. The lowest BCUT2D eigenvalue weighted by Gasteiger charge is -2.03. The molecule has 0 unspecified atom stereocenters. The molecule has 3 rings (SSSR count). The van der Waals surface area contributed by atoms with Crippen LogP contribution in [0.2, 0.25) is 0 Å². The van der Waals surface area contributed by atoms with Gasteiger partial charge < -0.3 is 10.1 Å². The van der Waals surface area contributed by atoms with Crippen LogP contribution in [0.5, 0.6) is 0 Å². The van der Waals surface area contributed by atoms with Gasteiger partial charge in [-0.1, -0.05) is 23.8 Å². The summed E-state index contributed by atoms with van der Waals surface area (Å²) in [5.74, 6) is -0.172. The molecule has 0 fully saturated rings. The van der Waals surface area contributed by atoms with Crippen molar-refractivity contribution < 1.29 is 9.90 Å². The number of hydrogen-bond donors (Lipinski definition) is 2. The highest BCUT2D eigenvalue weighted by molar-refractivity contribution is 5.93. The minimum atomic E-state index is -0.936. The van der Waals surface area contributed by atoms with E-state index in [1.165, 1.54) is 5.56 Å². The molecule has 2 aromatic carbocycles. The molecular weight excluding hydrogens is 252 g/mol. The Hall–Kier alpha value is -2.62. The highest BCUT2D eigenvalue weighted by Gasteiger charge is 2.10. The minimum absolute atomic E-state index is 0.258. The van der Waals surface area contributed by atoms with Crippen molar-refractivity contribution in [2.24, 2.45) is 0 Å². The third-order valence-corrected chi connectivity index (χ3v) is 3.37. The predicted molar refractivity (Wildman–Crippen MR) is 78.0 cm³/mol. The molecule has 2 N–H and O–H groups in total. The van der Waals surface area contributed by atoms with Crippen molar-refractivity contribution in [2.75, 3.05) is 0 Å². The van der Waals surface area contributed by atoms with Crippen LogP contribution in [0.1, 0.15) is 21.5 Å². The van der Waals surface area contributed by atoms with Gasteiger partial charge in [0.2, 0.25) is 0 Å². The van der Waals surface area contributed by atoms with E-state index in [1.807, 2.05) is 19.1 Å². The average molecular weight is 266 g/mol. The topological polar surface area (TPSA) is 66.0 Å². The molecule has 0 atom stereocenters. The molecular formula is C16H14N2O2. The third kappa shape index (κ3) is 2.05. The first-order valence-corrected chi connectivity index (χ1v) is 6.35. The number of carboxylic acid groups (broad SMARTS) is 1. The van der Waals surface area contributed by atoms with Crippen LogP contribution in [0.3, 0.4) is 0 Å². The van der Waals surface area contributed by atoms with E-state index in [1.54, 1.807) is 18.2 Å². The highest BCUT2D eigenvalue weighted by atomic mass is 16.4. The van der Waals surface area contributed by atoms with Gasteiger partial charge in [-0.25, -0.2) is 9.78 Å². The Morgan fingerprint density at radius 3 is 2.65 bits per heavy atom. The van der Waals surface area contributed by atoms with E-state index in [-0.39, 0.29) is 5.56 Å². The Morgan fingerprint density at radius 1 is 1.15 bits per heavy atom. The van der Waals surface area contributed by atoms with Crippen LogP contribution in [-0.4, -0.2) is 21.0 Å². The van der Waals surface area contributed by atoms with Gasteiger partial charge in [-0.05, 0) is 37.6 Å². The van der Waals surface area contributed by atoms with E-state index in [4.69, 9.17) is 5.11 Å². The van der Waals surface area contributed by atoms with Gasteiger partial charge in [0.1, 0.15) is 5.82 Å². The van der Waals surface area contributed by atoms with Crippen molar-refractivity contribution in [2.45, 2.75) is 13.8 Å². The summed E-state index contributed by atoms with van der Waals surface area (Å²) in [7, 11) is 0. The van der Waals surface area contributed by atoms with Crippen LogP contribution in [0.4, 0.5) is 0 Å². The third-order valence-electron chi connectivity index (χ3n) is 3.37. The molecule has 0 radical (unpaired) electrons. The lowest BCUT2D eigenvalue weighted by atomic mass is 10.1. The van der Waals surface area contributed by atoms with Crippen LogP contribution < -0.4 is 0 Å². The van der Waals surface area contributed by atoms with Crippen LogP contribution in [0.25, 0.3) is 22.4 Å². The summed E-state index contributed by atoms with van der Waals surface area (Å²) < 4.78 is 0. The maximum atomic E-state index is 11.0. The first kappa shape index (κ1) is 12.4. The van der Waals surface area contributed by atoms with Gasteiger partial charge in [0.05, 0.1) is 16.6 Å². The van der Waals surface area contributed by atoms with Gasteiger partial charge in [0, 0.05) is 5.56 Å². The smallest absolute Gasteiger partial charge is 0.335 e. The number of carbonyl (C=O) groups is 1. The van der Waals surface area contributed by atoms with Crippen molar-refractivity contribution in [3.8, 4) is 11.4 Å². The molecule has 4 nitrogen and oxygen atoms in total. The second kappa shape index (κ2) is 4.49. The van der Waals surface area contributed by atoms with Gasteiger partial charge in [0.15, 0.2) is 0 Å². The van der Waals surface area contributed by atoms with Crippen LogP contribution >= 0.6 is 0 Å². The SMILES string of the molecule is Cc1ccc(-c2nc3ccc(C(=O)O)cc3[nH]2)c(C)c1. The minimum Gasteiger partial charge on any atom is -0.478 e. The highest BCUT2D eigenvalue weighted by Crippen LogP contribution is 2.24. The van der Waals surface area contributed by atoms with Gasteiger partial charge in [-0.2, -0.15) is 0 Å². The molecule has 0 saturated carbocycles. The molecule has 0 saturated heterocycles. The van der Waals surface area contributed by atoms with E-state index in [2.05, 4.69) is 23.0 Å². The molecule has 4 heteroatoms. The van der Waals surface area contributed by atoms with E-state index in [9.17, 15) is 4.79 Å². The summed E-state index contributed by atoms with van der Waals surface area (Å²) in [6.45, 7) is 4.09. The Labute approximate surface area is 116 Å². The number of rotatable bonds is 2. The van der Waals surface area contributed by atoms with Crippen molar-refractivity contribution in [1.29, 1.82) is 0 Å². The molecule has 0 aliphatic rings. The molecule has 0 bridgehead atoms. The normalized spacial score (nSPS) is 10.9. The van der Waals surface area contributed by atoms with Gasteiger partial charge in [-0.15, -0.1) is 0 Å². The zero-order chi connectivity index (χ0) is 14.3. The number of benzene rings is 2. The molecule has 1 heterocycles. The fourth-order valence-electron chi connectivity index (χ4n) is 2.35. The van der Waals surface area contributed by atoms with Crippen molar-refractivity contribution in [1.82, 2.24) is 9.97 Å². The van der Waals surface area contributed by atoms with Crippen molar-refractivity contribution in [3.63, 3.8) is 0 Å². The number of aryl methyl sites for hydroxylation is 2. The van der Waals surface area contributed by atoms with E-state index < -0.39 is 5.97 Å². The number of aromatic amines is 1. The Morgan fingerprint density at radius 2 is 1.95 bits per heavy atom. The molecule has 0 aliphatic carbocycles. The number of fused-ring (bicyclic) bond motifs is 1. The van der Waals surface area contributed by atoms with Crippen LogP contribution in [0, 0.1) is 13.8 Å². The van der Waals surface area contributed by atoms with Crippen LogP contribution in [-0.2, 0) is 0 Å². The first-order valence-electron chi connectivity index (χ1n) is 6.35.